The zero-order chi connectivity index (χ0) is 7.40. The second-order valence-corrected chi connectivity index (χ2v) is 3.37. The highest BCUT2D eigenvalue weighted by Gasteiger charge is 1.97. The van der Waals surface area contributed by atoms with Crippen LogP contribution in [0.4, 0.5) is 0 Å². The number of nitrogens with zero attached hydrogens (tertiary/aromatic N) is 1. The Labute approximate surface area is 65.1 Å². The summed E-state index contributed by atoms with van der Waals surface area (Å²) in [6, 6.07) is 0. The van der Waals surface area contributed by atoms with Crippen LogP contribution in [0.1, 0.15) is 23.2 Å². The third kappa shape index (κ3) is 1.78. The molecule has 0 spiro atoms. The Kier molecular flexibility index (Phi) is 2.83. The van der Waals surface area contributed by atoms with Gasteiger partial charge < -0.3 is 5.73 Å². The molecular formula is C7H12N2S. The van der Waals surface area contributed by atoms with E-state index >= 15 is 0 Å². The van der Waals surface area contributed by atoms with Gasteiger partial charge in [-0.25, -0.2) is 4.98 Å². The van der Waals surface area contributed by atoms with Gasteiger partial charge in [-0.2, -0.15) is 0 Å². The second kappa shape index (κ2) is 3.68. The second-order valence-electron chi connectivity index (χ2n) is 2.17. The first-order chi connectivity index (χ1) is 4.86. The Morgan fingerprint density at radius 3 is 3.00 bits per heavy atom. The number of nitrogens with two attached hydrogens (primary N) is 1. The van der Waals surface area contributed by atoms with Crippen LogP contribution < -0.4 is 5.73 Å². The van der Waals surface area contributed by atoms with Crippen LogP contribution in [0.3, 0.4) is 0 Å². The fourth-order valence-electron chi connectivity index (χ4n) is 0.804. The molecule has 2 N–H and O–H groups in total. The Morgan fingerprint density at radius 1 is 1.70 bits per heavy atom. The van der Waals surface area contributed by atoms with Gasteiger partial charge in [-0.3, -0.25) is 0 Å². The van der Waals surface area contributed by atoms with E-state index < -0.39 is 0 Å². The lowest BCUT2D eigenvalue weighted by molar-refractivity contribution is 0.935. The van der Waals surface area contributed by atoms with Crippen molar-refractivity contribution in [3.63, 3.8) is 0 Å². The smallest absolute Gasteiger partial charge is 0.106 e. The van der Waals surface area contributed by atoms with E-state index in [0.29, 0.717) is 6.54 Å². The van der Waals surface area contributed by atoms with Crippen molar-refractivity contribution < 1.29 is 0 Å². The van der Waals surface area contributed by atoms with Gasteiger partial charge in [0, 0.05) is 17.6 Å². The number of thiazole rings is 1. The highest BCUT2D eigenvalue weighted by molar-refractivity contribution is 7.11. The van der Waals surface area contributed by atoms with Crippen LogP contribution in [-0.4, -0.2) is 4.98 Å². The lowest BCUT2D eigenvalue weighted by Gasteiger charge is -1.86. The monoisotopic (exact) mass is 156 g/mol. The molecule has 56 valence electrons. The van der Waals surface area contributed by atoms with Crippen molar-refractivity contribution in [2.75, 3.05) is 0 Å². The van der Waals surface area contributed by atoms with Crippen molar-refractivity contribution in [2.45, 2.75) is 26.3 Å². The van der Waals surface area contributed by atoms with Crippen molar-refractivity contribution in [3.8, 4) is 0 Å². The van der Waals surface area contributed by atoms with E-state index in [-0.39, 0.29) is 0 Å². The Balaban J connectivity index is 2.59. The molecule has 0 bridgehead atoms. The summed E-state index contributed by atoms with van der Waals surface area (Å²) in [7, 11) is 0. The van der Waals surface area contributed by atoms with Crippen LogP contribution >= 0.6 is 11.3 Å². The van der Waals surface area contributed by atoms with Crippen LogP contribution in [0, 0.1) is 0 Å². The summed E-state index contributed by atoms with van der Waals surface area (Å²) in [5.74, 6) is 0. The fraction of sp³-hybridized carbons (Fsp3) is 0.571. The molecule has 1 rings (SSSR count). The summed E-state index contributed by atoms with van der Waals surface area (Å²) in [6.45, 7) is 2.75. The van der Waals surface area contributed by atoms with E-state index in [1.165, 1.54) is 11.3 Å². The van der Waals surface area contributed by atoms with E-state index in [4.69, 9.17) is 5.73 Å². The Bertz CT molecular complexity index is 195. The molecule has 3 heteroatoms. The fourth-order valence-corrected chi connectivity index (χ4v) is 1.71. The van der Waals surface area contributed by atoms with Gasteiger partial charge in [0.15, 0.2) is 0 Å². The van der Waals surface area contributed by atoms with E-state index in [0.717, 1.165) is 11.4 Å². The number of hydrogen-bond donors (Lipinski definition) is 1. The molecule has 2 nitrogen and oxygen atoms in total. The van der Waals surface area contributed by atoms with Crippen LogP contribution in [0.2, 0.25) is 0 Å². The van der Waals surface area contributed by atoms with Crippen LogP contribution in [-0.2, 0) is 13.0 Å². The Morgan fingerprint density at radius 2 is 2.50 bits per heavy atom. The minimum absolute atomic E-state index is 0.578. The van der Waals surface area contributed by atoms with Gasteiger partial charge >= 0.3 is 0 Å². The van der Waals surface area contributed by atoms with Crippen LogP contribution in [0.15, 0.2) is 6.20 Å². The van der Waals surface area contributed by atoms with Crippen LogP contribution in [0.25, 0.3) is 0 Å². The Hall–Kier alpha value is -0.410. The molecule has 0 unspecified atom stereocenters. The predicted molar refractivity (Wildman–Crippen MR) is 44.0 cm³/mol. The lowest BCUT2D eigenvalue weighted by Crippen LogP contribution is -1.93. The maximum absolute atomic E-state index is 5.41. The molecule has 0 fully saturated rings. The molecule has 0 aliphatic rings. The number of aromatic nitrogens is 1. The van der Waals surface area contributed by atoms with Crippen molar-refractivity contribution in [1.82, 2.24) is 4.98 Å². The lowest BCUT2D eigenvalue weighted by atomic mass is 10.3. The molecule has 0 amide bonds. The highest BCUT2D eigenvalue weighted by Crippen LogP contribution is 2.13. The molecule has 0 aliphatic carbocycles. The first-order valence-electron chi connectivity index (χ1n) is 3.50. The zero-order valence-electron chi connectivity index (χ0n) is 6.13. The first kappa shape index (κ1) is 7.69. The summed E-state index contributed by atoms with van der Waals surface area (Å²) in [4.78, 5) is 5.50. The third-order valence-corrected chi connectivity index (χ3v) is 2.35. The molecule has 0 atom stereocenters. The van der Waals surface area contributed by atoms with E-state index in [9.17, 15) is 0 Å². The molecule has 0 saturated heterocycles. The molecule has 1 heterocycles. The van der Waals surface area contributed by atoms with Gasteiger partial charge in [0.1, 0.15) is 5.01 Å². The van der Waals surface area contributed by atoms with Crippen LogP contribution in [0.5, 0.6) is 0 Å². The highest BCUT2D eigenvalue weighted by atomic mass is 32.1. The maximum Gasteiger partial charge on any atom is 0.106 e. The number of rotatable bonds is 3. The molecule has 0 aliphatic heterocycles. The first-order valence-corrected chi connectivity index (χ1v) is 4.32. The van der Waals surface area contributed by atoms with Gasteiger partial charge in [0.05, 0.1) is 0 Å². The van der Waals surface area contributed by atoms with Gasteiger partial charge in [-0.05, 0) is 6.42 Å². The minimum atomic E-state index is 0.578. The van der Waals surface area contributed by atoms with Crippen molar-refractivity contribution in [2.24, 2.45) is 5.73 Å². The summed E-state index contributed by atoms with van der Waals surface area (Å²) < 4.78 is 0. The average molecular weight is 156 g/mol. The number of aryl methyl sites for hydroxylation is 1. The number of hydrogen-bond acceptors (Lipinski definition) is 3. The average Bonchev–Trinajstić information content (AvgIpc) is 2.37. The van der Waals surface area contributed by atoms with E-state index in [1.807, 2.05) is 6.20 Å². The van der Waals surface area contributed by atoms with Gasteiger partial charge in [0.2, 0.25) is 0 Å². The maximum atomic E-state index is 5.41. The molecule has 0 saturated carbocycles. The van der Waals surface area contributed by atoms with Gasteiger partial charge in [0.25, 0.3) is 0 Å². The minimum Gasteiger partial charge on any atom is -0.325 e. The zero-order valence-corrected chi connectivity index (χ0v) is 6.95. The molecule has 1 aromatic heterocycles. The predicted octanol–water partition coefficient (Wildman–Crippen LogP) is 1.55. The molecular weight excluding hydrogens is 144 g/mol. The van der Waals surface area contributed by atoms with Crippen molar-refractivity contribution in [3.05, 3.63) is 16.1 Å². The summed E-state index contributed by atoms with van der Waals surface area (Å²) in [5.41, 5.74) is 5.41. The molecule has 0 radical (unpaired) electrons. The van der Waals surface area contributed by atoms with Gasteiger partial charge in [-0.15, -0.1) is 11.3 Å². The molecule has 10 heavy (non-hydrogen) atoms. The van der Waals surface area contributed by atoms with E-state index in [1.54, 1.807) is 11.3 Å². The quantitative estimate of drug-likeness (QED) is 0.721. The van der Waals surface area contributed by atoms with Crippen molar-refractivity contribution >= 4 is 11.3 Å². The third-order valence-electron chi connectivity index (χ3n) is 1.27. The van der Waals surface area contributed by atoms with Gasteiger partial charge in [-0.1, -0.05) is 13.3 Å². The molecule has 0 aromatic carbocycles. The van der Waals surface area contributed by atoms with E-state index in [2.05, 4.69) is 11.9 Å². The summed E-state index contributed by atoms with van der Waals surface area (Å²) >= 11 is 1.72. The van der Waals surface area contributed by atoms with Crippen molar-refractivity contribution in [1.29, 1.82) is 0 Å². The normalized spacial score (nSPS) is 10.2. The summed E-state index contributed by atoms with van der Waals surface area (Å²) in [6.07, 6.45) is 4.25. The molecule has 1 aromatic rings. The topological polar surface area (TPSA) is 38.9 Å². The standard InChI is InChI=1S/C7H12N2S/c1-2-3-6-5-9-7(4-8)10-6/h5H,2-4,8H2,1H3. The SMILES string of the molecule is CCCc1cnc(CN)s1. The largest absolute Gasteiger partial charge is 0.325 e. The summed E-state index contributed by atoms with van der Waals surface area (Å²) in [5, 5.41) is 1.04.